The lowest BCUT2D eigenvalue weighted by molar-refractivity contribution is 0.0158. The van der Waals surface area contributed by atoms with Crippen molar-refractivity contribution in [2.75, 3.05) is 6.54 Å². The maximum absolute atomic E-state index is 10.1. The number of nitrogens with two attached hydrogens (primary N) is 1. The first-order chi connectivity index (χ1) is 8.65. The van der Waals surface area contributed by atoms with Gasteiger partial charge in [-0.05, 0) is 30.0 Å². The van der Waals surface area contributed by atoms with E-state index in [4.69, 9.17) is 5.73 Å². The molecule has 0 radical (unpaired) electrons. The van der Waals surface area contributed by atoms with Gasteiger partial charge in [0.2, 0.25) is 0 Å². The summed E-state index contributed by atoms with van der Waals surface area (Å²) in [6.07, 6.45) is -1.57. The maximum atomic E-state index is 10.1. The highest BCUT2D eigenvalue weighted by molar-refractivity contribution is 5.91. The van der Waals surface area contributed by atoms with Crippen LogP contribution in [0.5, 0.6) is 5.75 Å². The lowest BCUT2D eigenvalue weighted by atomic mass is 9.95. The van der Waals surface area contributed by atoms with Crippen molar-refractivity contribution >= 4 is 10.8 Å². The van der Waals surface area contributed by atoms with Gasteiger partial charge in [-0.15, -0.1) is 0 Å². The van der Waals surface area contributed by atoms with Crippen molar-refractivity contribution in [1.82, 2.24) is 0 Å². The summed E-state index contributed by atoms with van der Waals surface area (Å²) in [5.74, 6) is 0.162. The van der Waals surface area contributed by atoms with Gasteiger partial charge in [0.15, 0.2) is 0 Å². The molecule has 2 unspecified atom stereocenters. The van der Waals surface area contributed by atoms with Crippen LogP contribution in [0.3, 0.4) is 0 Å². The Balaban J connectivity index is 2.48. The third-order valence-corrected chi connectivity index (χ3v) is 3.08. The summed E-state index contributed by atoms with van der Waals surface area (Å²) in [5, 5.41) is 31.1. The van der Waals surface area contributed by atoms with Gasteiger partial charge in [-0.25, -0.2) is 0 Å². The third-order valence-electron chi connectivity index (χ3n) is 3.08. The molecule has 4 heteroatoms. The standard InChI is InChI=1S/C14H17NO3/c15-8-7-13(17)14(18)11-5-6-12(16)10-4-2-1-3-9(10)11/h1-6,13-14,16-18H,7-8,15H2. The number of benzene rings is 2. The Bertz CT molecular complexity index is 542. The van der Waals surface area contributed by atoms with E-state index in [1.807, 2.05) is 18.2 Å². The second kappa shape index (κ2) is 5.35. The summed E-state index contributed by atoms with van der Waals surface area (Å²) in [4.78, 5) is 0. The quantitative estimate of drug-likeness (QED) is 0.655. The molecule has 18 heavy (non-hydrogen) atoms. The molecule has 0 saturated carbocycles. The molecule has 0 fully saturated rings. The largest absolute Gasteiger partial charge is 0.507 e. The molecule has 2 atom stereocenters. The van der Waals surface area contributed by atoms with E-state index in [1.54, 1.807) is 12.1 Å². The van der Waals surface area contributed by atoms with Gasteiger partial charge >= 0.3 is 0 Å². The van der Waals surface area contributed by atoms with Gasteiger partial charge in [0.25, 0.3) is 0 Å². The summed E-state index contributed by atoms with van der Waals surface area (Å²) in [7, 11) is 0. The van der Waals surface area contributed by atoms with Gasteiger partial charge in [-0.2, -0.15) is 0 Å². The normalized spacial score (nSPS) is 14.6. The van der Waals surface area contributed by atoms with Crippen molar-refractivity contribution < 1.29 is 15.3 Å². The molecule has 0 aliphatic heterocycles. The Labute approximate surface area is 105 Å². The third kappa shape index (κ3) is 2.31. The van der Waals surface area contributed by atoms with Crippen molar-refractivity contribution in [3.05, 3.63) is 42.0 Å². The number of phenols is 1. The summed E-state index contributed by atoms with van der Waals surface area (Å²) < 4.78 is 0. The van der Waals surface area contributed by atoms with Crippen LogP contribution >= 0.6 is 0 Å². The molecule has 2 aromatic rings. The monoisotopic (exact) mass is 247 g/mol. The number of aromatic hydroxyl groups is 1. The fourth-order valence-electron chi connectivity index (χ4n) is 2.10. The van der Waals surface area contributed by atoms with Crippen molar-refractivity contribution in [3.8, 4) is 5.75 Å². The van der Waals surface area contributed by atoms with E-state index in [-0.39, 0.29) is 5.75 Å². The zero-order valence-electron chi connectivity index (χ0n) is 9.95. The fraction of sp³-hybridized carbons (Fsp3) is 0.286. The lowest BCUT2D eigenvalue weighted by Gasteiger charge is -2.19. The van der Waals surface area contributed by atoms with Crippen LogP contribution in [0.25, 0.3) is 10.8 Å². The first-order valence-electron chi connectivity index (χ1n) is 5.92. The van der Waals surface area contributed by atoms with E-state index in [9.17, 15) is 15.3 Å². The number of rotatable bonds is 4. The SMILES string of the molecule is NCCC(O)C(O)c1ccc(O)c2ccccc12. The molecule has 0 amide bonds. The van der Waals surface area contributed by atoms with Crippen LogP contribution in [0.15, 0.2) is 36.4 Å². The number of fused-ring (bicyclic) bond motifs is 1. The second-order valence-corrected chi connectivity index (χ2v) is 4.31. The summed E-state index contributed by atoms with van der Waals surface area (Å²) in [5.41, 5.74) is 5.97. The molecule has 96 valence electrons. The Morgan fingerprint density at radius 3 is 2.33 bits per heavy atom. The van der Waals surface area contributed by atoms with Crippen LogP contribution in [-0.2, 0) is 0 Å². The van der Waals surface area contributed by atoms with Crippen molar-refractivity contribution in [3.63, 3.8) is 0 Å². The Hall–Kier alpha value is -1.62. The number of hydrogen-bond acceptors (Lipinski definition) is 4. The average molecular weight is 247 g/mol. The zero-order chi connectivity index (χ0) is 13.1. The molecule has 0 saturated heterocycles. The zero-order valence-corrected chi connectivity index (χ0v) is 9.95. The number of aliphatic hydroxyl groups is 2. The van der Waals surface area contributed by atoms with Gasteiger partial charge in [-0.1, -0.05) is 30.3 Å². The molecular weight excluding hydrogens is 230 g/mol. The van der Waals surface area contributed by atoms with Gasteiger partial charge in [0.05, 0.1) is 6.10 Å². The van der Waals surface area contributed by atoms with Crippen molar-refractivity contribution in [2.45, 2.75) is 18.6 Å². The molecular formula is C14H17NO3. The van der Waals surface area contributed by atoms with Crippen LogP contribution in [0, 0.1) is 0 Å². The maximum Gasteiger partial charge on any atom is 0.123 e. The minimum Gasteiger partial charge on any atom is -0.507 e. The highest BCUT2D eigenvalue weighted by atomic mass is 16.3. The fourth-order valence-corrected chi connectivity index (χ4v) is 2.10. The number of phenolic OH excluding ortho intramolecular Hbond substituents is 1. The number of aliphatic hydroxyl groups excluding tert-OH is 2. The predicted octanol–water partition coefficient (Wildman–Crippen LogP) is 1.29. The Kier molecular flexibility index (Phi) is 3.81. The molecule has 0 heterocycles. The van der Waals surface area contributed by atoms with E-state index in [2.05, 4.69) is 0 Å². The van der Waals surface area contributed by atoms with E-state index < -0.39 is 12.2 Å². The second-order valence-electron chi connectivity index (χ2n) is 4.31. The minimum atomic E-state index is -1.00. The minimum absolute atomic E-state index is 0.162. The van der Waals surface area contributed by atoms with E-state index >= 15 is 0 Å². The summed E-state index contributed by atoms with van der Waals surface area (Å²) >= 11 is 0. The predicted molar refractivity (Wildman–Crippen MR) is 70.3 cm³/mol. The molecule has 5 N–H and O–H groups in total. The summed E-state index contributed by atoms with van der Waals surface area (Å²) in [6, 6.07) is 10.4. The smallest absolute Gasteiger partial charge is 0.123 e. The van der Waals surface area contributed by atoms with Gasteiger partial charge < -0.3 is 21.1 Å². The Morgan fingerprint density at radius 2 is 1.67 bits per heavy atom. The van der Waals surface area contributed by atoms with Crippen LogP contribution in [-0.4, -0.2) is 28.0 Å². The van der Waals surface area contributed by atoms with Crippen molar-refractivity contribution in [2.24, 2.45) is 5.73 Å². The highest BCUT2D eigenvalue weighted by Gasteiger charge is 2.20. The molecule has 0 aromatic heterocycles. The van der Waals surface area contributed by atoms with E-state index in [1.165, 1.54) is 6.07 Å². The topological polar surface area (TPSA) is 86.7 Å². The van der Waals surface area contributed by atoms with Crippen LogP contribution < -0.4 is 5.73 Å². The van der Waals surface area contributed by atoms with Crippen LogP contribution in [0.4, 0.5) is 0 Å². The lowest BCUT2D eigenvalue weighted by Crippen LogP contribution is -2.21. The number of hydrogen-bond donors (Lipinski definition) is 4. The van der Waals surface area contributed by atoms with E-state index in [0.717, 1.165) is 5.39 Å². The molecule has 4 nitrogen and oxygen atoms in total. The average Bonchev–Trinajstić information content (AvgIpc) is 2.39. The van der Waals surface area contributed by atoms with Gasteiger partial charge in [0, 0.05) is 5.39 Å². The summed E-state index contributed by atoms with van der Waals surface area (Å²) in [6.45, 7) is 0.314. The van der Waals surface area contributed by atoms with Crippen molar-refractivity contribution in [1.29, 1.82) is 0 Å². The molecule has 0 bridgehead atoms. The van der Waals surface area contributed by atoms with Crippen LogP contribution in [0.2, 0.25) is 0 Å². The molecule has 0 aliphatic carbocycles. The Morgan fingerprint density at radius 1 is 1.00 bits per heavy atom. The highest BCUT2D eigenvalue weighted by Crippen LogP contribution is 2.32. The van der Waals surface area contributed by atoms with Gasteiger partial charge in [0.1, 0.15) is 11.9 Å². The molecule has 0 spiro atoms. The van der Waals surface area contributed by atoms with E-state index in [0.29, 0.717) is 23.9 Å². The van der Waals surface area contributed by atoms with Gasteiger partial charge in [-0.3, -0.25) is 0 Å². The first-order valence-corrected chi connectivity index (χ1v) is 5.92. The molecule has 2 aromatic carbocycles. The molecule has 2 rings (SSSR count). The van der Waals surface area contributed by atoms with Crippen LogP contribution in [0.1, 0.15) is 18.1 Å². The molecule has 0 aliphatic rings. The first kappa shape index (κ1) is 12.8.